The summed E-state index contributed by atoms with van der Waals surface area (Å²) in [6.45, 7) is 4.57. The van der Waals surface area contributed by atoms with Crippen LogP contribution in [-0.4, -0.2) is 10.5 Å². The largest absolute Gasteiger partial charge is 0.340 e. The van der Waals surface area contributed by atoms with Crippen molar-refractivity contribution >= 4 is 40.2 Å². The Morgan fingerprint density at radius 3 is 2.44 bits per heavy atom. The molecule has 0 aliphatic rings. The molecule has 1 amide bonds. The molecule has 4 rings (SSSR count). The van der Waals surface area contributed by atoms with E-state index in [1.807, 2.05) is 86.6 Å². The normalized spacial score (nSPS) is 11.4. The standard InChI is InChI=1S/C27H22ClN3O/c1-18-11-13-22(14-12-18)30-27(32)21(16-29)15-24-19(2)31(26-10-6-4-8-23(24)26)17-20-7-3-5-9-25(20)28/h3-15H,17H2,1-2H3,(H,30,32)/b21-15-. The van der Waals surface area contributed by atoms with E-state index in [2.05, 4.69) is 16.0 Å². The van der Waals surface area contributed by atoms with Crippen LogP contribution >= 0.6 is 11.6 Å². The molecule has 0 radical (unpaired) electrons. The van der Waals surface area contributed by atoms with E-state index in [0.29, 0.717) is 17.3 Å². The number of benzene rings is 3. The average molecular weight is 440 g/mol. The van der Waals surface area contributed by atoms with Crippen molar-refractivity contribution in [3.05, 3.63) is 106 Å². The number of fused-ring (bicyclic) bond motifs is 1. The molecule has 0 spiro atoms. The van der Waals surface area contributed by atoms with E-state index in [0.717, 1.165) is 33.3 Å². The van der Waals surface area contributed by atoms with Gasteiger partial charge < -0.3 is 9.88 Å². The molecule has 0 fully saturated rings. The van der Waals surface area contributed by atoms with Crippen molar-refractivity contribution in [1.29, 1.82) is 5.26 Å². The third-order valence-corrected chi connectivity index (χ3v) is 5.90. The first kappa shape index (κ1) is 21.4. The number of halogens is 1. The maximum Gasteiger partial charge on any atom is 0.266 e. The lowest BCUT2D eigenvalue weighted by atomic mass is 10.1. The van der Waals surface area contributed by atoms with E-state index in [-0.39, 0.29) is 5.57 Å². The predicted octanol–water partition coefficient (Wildman–Crippen LogP) is 6.51. The fraction of sp³-hybridized carbons (Fsp3) is 0.111. The molecule has 1 N–H and O–H groups in total. The lowest BCUT2D eigenvalue weighted by molar-refractivity contribution is -0.112. The van der Waals surface area contributed by atoms with Gasteiger partial charge in [-0.3, -0.25) is 4.79 Å². The van der Waals surface area contributed by atoms with Crippen molar-refractivity contribution in [2.24, 2.45) is 0 Å². The number of aryl methyl sites for hydroxylation is 1. The first-order valence-corrected chi connectivity index (χ1v) is 10.7. The van der Waals surface area contributed by atoms with Gasteiger partial charge in [0.15, 0.2) is 0 Å². The Labute approximate surface area is 192 Å². The number of amides is 1. The number of hydrogen-bond donors (Lipinski definition) is 1. The van der Waals surface area contributed by atoms with Crippen molar-refractivity contribution < 1.29 is 4.79 Å². The Bertz CT molecular complexity index is 1370. The Morgan fingerprint density at radius 1 is 1.03 bits per heavy atom. The number of aromatic nitrogens is 1. The molecule has 0 saturated heterocycles. The third kappa shape index (κ3) is 4.30. The van der Waals surface area contributed by atoms with Gasteiger partial charge in [-0.15, -0.1) is 0 Å². The summed E-state index contributed by atoms with van der Waals surface area (Å²) in [7, 11) is 0. The van der Waals surface area contributed by atoms with Crippen molar-refractivity contribution in [3.8, 4) is 6.07 Å². The minimum absolute atomic E-state index is 0.0503. The number of para-hydroxylation sites is 1. The zero-order valence-electron chi connectivity index (χ0n) is 17.9. The van der Waals surface area contributed by atoms with Crippen LogP contribution in [0.3, 0.4) is 0 Å². The van der Waals surface area contributed by atoms with Crippen LogP contribution in [0.4, 0.5) is 5.69 Å². The zero-order valence-corrected chi connectivity index (χ0v) is 18.6. The second-order valence-electron chi connectivity index (χ2n) is 7.68. The van der Waals surface area contributed by atoms with Gasteiger partial charge in [-0.25, -0.2) is 0 Å². The highest BCUT2D eigenvalue weighted by atomic mass is 35.5. The summed E-state index contributed by atoms with van der Waals surface area (Å²) >= 11 is 6.40. The van der Waals surface area contributed by atoms with Gasteiger partial charge in [-0.2, -0.15) is 5.26 Å². The Morgan fingerprint density at radius 2 is 1.72 bits per heavy atom. The molecule has 1 heterocycles. The number of nitrogens with one attached hydrogen (secondary N) is 1. The van der Waals surface area contributed by atoms with Crippen LogP contribution in [0.5, 0.6) is 0 Å². The molecule has 5 heteroatoms. The monoisotopic (exact) mass is 439 g/mol. The highest BCUT2D eigenvalue weighted by Gasteiger charge is 2.17. The molecule has 0 unspecified atom stereocenters. The van der Waals surface area contributed by atoms with Crippen LogP contribution in [0.2, 0.25) is 5.02 Å². The molecule has 4 nitrogen and oxygen atoms in total. The summed E-state index contributed by atoms with van der Waals surface area (Å²) in [4.78, 5) is 12.8. The first-order valence-electron chi connectivity index (χ1n) is 10.3. The molecule has 0 atom stereocenters. The van der Waals surface area contributed by atoms with E-state index in [1.54, 1.807) is 6.08 Å². The number of anilines is 1. The van der Waals surface area contributed by atoms with E-state index < -0.39 is 5.91 Å². The van der Waals surface area contributed by atoms with Crippen molar-refractivity contribution in [3.63, 3.8) is 0 Å². The molecule has 0 saturated carbocycles. The van der Waals surface area contributed by atoms with Crippen LogP contribution in [0.1, 0.15) is 22.4 Å². The molecule has 0 aliphatic heterocycles. The Balaban J connectivity index is 1.74. The van der Waals surface area contributed by atoms with Gasteiger partial charge in [-0.05, 0) is 49.8 Å². The van der Waals surface area contributed by atoms with Gasteiger partial charge in [0, 0.05) is 39.4 Å². The number of carbonyl (C=O) groups is 1. The number of nitriles is 1. The smallest absolute Gasteiger partial charge is 0.266 e. The van der Waals surface area contributed by atoms with Crippen molar-refractivity contribution in [1.82, 2.24) is 4.57 Å². The highest BCUT2D eigenvalue weighted by Crippen LogP contribution is 2.30. The maximum absolute atomic E-state index is 12.8. The number of carbonyl (C=O) groups excluding carboxylic acids is 1. The number of hydrogen-bond acceptors (Lipinski definition) is 2. The fourth-order valence-electron chi connectivity index (χ4n) is 3.77. The van der Waals surface area contributed by atoms with Crippen molar-refractivity contribution in [2.75, 3.05) is 5.32 Å². The SMILES string of the molecule is Cc1ccc(NC(=O)/C(C#N)=C\c2c(C)n(Cc3ccccc3Cl)c3ccccc23)cc1. The quantitative estimate of drug-likeness (QED) is 0.285. The van der Waals surface area contributed by atoms with E-state index >= 15 is 0 Å². The topological polar surface area (TPSA) is 57.8 Å². The molecule has 4 aromatic rings. The summed E-state index contributed by atoms with van der Waals surface area (Å²) in [5, 5.41) is 14.2. The van der Waals surface area contributed by atoms with Crippen LogP contribution in [0.25, 0.3) is 17.0 Å². The van der Waals surface area contributed by atoms with Crippen LogP contribution < -0.4 is 5.32 Å². The van der Waals surface area contributed by atoms with Gasteiger partial charge in [0.25, 0.3) is 5.91 Å². The second kappa shape index (κ2) is 9.13. The summed E-state index contributed by atoms with van der Waals surface area (Å²) in [6, 6.07) is 25.3. The lowest BCUT2D eigenvalue weighted by Gasteiger charge is -2.10. The predicted molar refractivity (Wildman–Crippen MR) is 131 cm³/mol. The van der Waals surface area contributed by atoms with E-state index in [1.165, 1.54) is 0 Å². The minimum Gasteiger partial charge on any atom is -0.340 e. The molecule has 3 aromatic carbocycles. The minimum atomic E-state index is -0.432. The Hall–Kier alpha value is -3.81. The van der Waals surface area contributed by atoms with Gasteiger partial charge in [0.1, 0.15) is 11.6 Å². The van der Waals surface area contributed by atoms with Crippen LogP contribution in [-0.2, 0) is 11.3 Å². The molecule has 158 valence electrons. The molecular weight excluding hydrogens is 418 g/mol. The lowest BCUT2D eigenvalue weighted by Crippen LogP contribution is -2.13. The summed E-state index contributed by atoms with van der Waals surface area (Å²) in [5.41, 5.74) is 5.64. The van der Waals surface area contributed by atoms with E-state index in [9.17, 15) is 10.1 Å². The third-order valence-electron chi connectivity index (χ3n) is 5.53. The van der Waals surface area contributed by atoms with Crippen LogP contribution in [0, 0.1) is 25.2 Å². The molecule has 32 heavy (non-hydrogen) atoms. The van der Waals surface area contributed by atoms with Gasteiger partial charge in [-0.1, -0.05) is 65.7 Å². The summed E-state index contributed by atoms with van der Waals surface area (Å²) in [5.74, 6) is -0.432. The first-order chi connectivity index (χ1) is 15.5. The fourth-order valence-corrected chi connectivity index (χ4v) is 3.96. The highest BCUT2D eigenvalue weighted by molar-refractivity contribution is 6.31. The molecule has 0 aliphatic carbocycles. The number of nitrogens with zero attached hydrogens (tertiary/aromatic N) is 2. The molecular formula is C27H22ClN3O. The van der Waals surface area contributed by atoms with Gasteiger partial charge in [0.05, 0.1) is 0 Å². The number of rotatable bonds is 5. The van der Waals surface area contributed by atoms with E-state index in [4.69, 9.17) is 11.6 Å². The summed E-state index contributed by atoms with van der Waals surface area (Å²) < 4.78 is 2.16. The summed E-state index contributed by atoms with van der Waals surface area (Å²) in [6.07, 6.45) is 1.67. The van der Waals surface area contributed by atoms with Gasteiger partial charge >= 0.3 is 0 Å². The maximum atomic E-state index is 12.8. The zero-order chi connectivity index (χ0) is 22.7. The van der Waals surface area contributed by atoms with Crippen molar-refractivity contribution in [2.45, 2.75) is 20.4 Å². The second-order valence-corrected chi connectivity index (χ2v) is 8.09. The van der Waals surface area contributed by atoms with Gasteiger partial charge in [0.2, 0.25) is 0 Å². The Kier molecular flexibility index (Phi) is 6.11. The van der Waals surface area contributed by atoms with Crippen LogP contribution in [0.15, 0.2) is 78.4 Å². The molecule has 0 bridgehead atoms. The average Bonchev–Trinajstić information content (AvgIpc) is 3.06. The molecule has 1 aromatic heterocycles.